The molecule has 0 N–H and O–H groups in total. The maximum Gasteiger partial charge on any atom is 0.165 e. The summed E-state index contributed by atoms with van der Waals surface area (Å²) >= 11 is 6.34. The number of carbonyl (C=O) groups is 1. The average molecular weight is 285 g/mol. The fourth-order valence-corrected chi connectivity index (χ4v) is 4.78. The number of halogens is 1. The first-order valence-electron chi connectivity index (χ1n) is 7.25. The van der Waals surface area contributed by atoms with Gasteiger partial charge in [0, 0.05) is 24.8 Å². The second-order valence-electron chi connectivity index (χ2n) is 6.47. The zero-order valence-electron chi connectivity index (χ0n) is 12.2. The minimum Gasteiger partial charge on any atom is -0.373 e. The maximum absolute atomic E-state index is 12.8. The zero-order chi connectivity index (χ0) is 14.2. The van der Waals surface area contributed by atoms with Crippen molar-refractivity contribution in [2.24, 2.45) is 23.2 Å². The Morgan fingerprint density at radius 3 is 2.74 bits per heavy atom. The number of fused-ring (bicyclic) bond motifs is 1. The van der Waals surface area contributed by atoms with Crippen LogP contribution < -0.4 is 0 Å². The van der Waals surface area contributed by atoms with Crippen molar-refractivity contribution < 1.29 is 9.53 Å². The van der Waals surface area contributed by atoms with Gasteiger partial charge in [0.1, 0.15) is 6.10 Å². The van der Waals surface area contributed by atoms with Crippen LogP contribution in [-0.4, -0.2) is 24.9 Å². The van der Waals surface area contributed by atoms with Gasteiger partial charge in [-0.25, -0.2) is 0 Å². The summed E-state index contributed by atoms with van der Waals surface area (Å²) in [5.74, 6) is 1.54. The van der Waals surface area contributed by atoms with E-state index >= 15 is 0 Å². The van der Waals surface area contributed by atoms with Crippen LogP contribution in [-0.2, 0) is 9.53 Å². The monoisotopic (exact) mass is 284 g/mol. The van der Waals surface area contributed by atoms with Crippen molar-refractivity contribution in [3.8, 4) is 0 Å². The van der Waals surface area contributed by atoms with Crippen molar-refractivity contribution in [3.05, 3.63) is 12.2 Å². The van der Waals surface area contributed by atoms with Crippen LogP contribution in [0, 0.1) is 23.2 Å². The van der Waals surface area contributed by atoms with Gasteiger partial charge < -0.3 is 4.74 Å². The van der Waals surface area contributed by atoms with Crippen LogP contribution in [0.2, 0.25) is 0 Å². The topological polar surface area (TPSA) is 26.3 Å². The molecule has 0 amide bonds. The normalized spacial score (nSPS) is 42.8. The van der Waals surface area contributed by atoms with Gasteiger partial charge >= 0.3 is 0 Å². The average Bonchev–Trinajstić information content (AvgIpc) is 2.39. The van der Waals surface area contributed by atoms with Gasteiger partial charge in [0.25, 0.3) is 0 Å². The van der Waals surface area contributed by atoms with E-state index in [1.54, 1.807) is 7.11 Å². The lowest BCUT2D eigenvalue weighted by atomic mass is 9.52. The number of methoxy groups -OCH3 is 1. The molecule has 0 heterocycles. The third kappa shape index (κ3) is 2.27. The van der Waals surface area contributed by atoms with Crippen LogP contribution in [0.5, 0.6) is 0 Å². The highest BCUT2D eigenvalue weighted by Crippen LogP contribution is 2.55. The Morgan fingerprint density at radius 1 is 1.53 bits per heavy atom. The third-order valence-electron chi connectivity index (χ3n) is 5.53. The van der Waals surface area contributed by atoms with Crippen LogP contribution in [0.25, 0.3) is 0 Å². The highest BCUT2D eigenvalue weighted by atomic mass is 35.5. The van der Waals surface area contributed by atoms with Gasteiger partial charge in [-0.3, -0.25) is 4.79 Å². The minimum atomic E-state index is -0.316. The standard InChI is InChI=1S/C16H25ClO2/c1-10(2)12-8-16(9-17)11(3)6-5-7-13(16)14(18)15(12)19-4/h11-13,15H,1,5-9H2,2-4H3. The predicted molar refractivity (Wildman–Crippen MR) is 78.4 cm³/mol. The molecule has 0 bridgehead atoms. The summed E-state index contributed by atoms with van der Waals surface area (Å²) in [5.41, 5.74) is 0.996. The molecular formula is C16H25ClO2. The summed E-state index contributed by atoms with van der Waals surface area (Å²) in [6.45, 7) is 8.32. The molecule has 0 radical (unpaired) electrons. The molecule has 3 heteroatoms. The first-order chi connectivity index (χ1) is 8.97. The van der Waals surface area contributed by atoms with Gasteiger partial charge in [-0.1, -0.05) is 31.9 Å². The minimum absolute atomic E-state index is 0.0461. The van der Waals surface area contributed by atoms with Gasteiger partial charge in [0.2, 0.25) is 0 Å². The predicted octanol–water partition coefficient (Wildman–Crippen LogP) is 3.83. The Labute approximate surface area is 121 Å². The Morgan fingerprint density at radius 2 is 2.21 bits per heavy atom. The van der Waals surface area contributed by atoms with E-state index in [1.807, 2.05) is 6.92 Å². The molecule has 0 saturated heterocycles. The number of Topliss-reactive ketones (excluding diaryl/α,β-unsaturated/α-hetero) is 1. The Kier molecular flexibility index (Phi) is 4.42. The molecule has 0 aromatic carbocycles. The molecule has 19 heavy (non-hydrogen) atoms. The fraction of sp³-hybridized carbons (Fsp3) is 0.812. The molecular weight excluding hydrogens is 260 g/mol. The van der Waals surface area contributed by atoms with E-state index in [9.17, 15) is 4.79 Å². The SMILES string of the molecule is C=C(C)C1CC2(CCl)C(C)CCCC2C(=O)C1OC. The highest BCUT2D eigenvalue weighted by molar-refractivity contribution is 6.18. The van der Waals surface area contributed by atoms with Crippen LogP contribution in [0.4, 0.5) is 0 Å². The number of hydrogen-bond acceptors (Lipinski definition) is 2. The van der Waals surface area contributed by atoms with Crippen molar-refractivity contribution in [2.45, 2.75) is 45.6 Å². The van der Waals surface area contributed by atoms with Gasteiger partial charge in [-0.2, -0.15) is 0 Å². The number of ketones is 1. The molecule has 2 rings (SSSR count). The number of rotatable bonds is 3. The van der Waals surface area contributed by atoms with E-state index in [-0.39, 0.29) is 29.1 Å². The van der Waals surface area contributed by atoms with Crippen LogP contribution in [0.3, 0.4) is 0 Å². The van der Waals surface area contributed by atoms with Crippen molar-refractivity contribution in [1.82, 2.24) is 0 Å². The van der Waals surface area contributed by atoms with Gasteiger partial charge in [-0.05, 0) is 31.1 Å². The highest BCUT2D eigenvalue weighted by Gasteiger charge is 2.56. The second-order valence-corrected chi connectivity index (χ2v) is 6.73. The van der Waals surface area contributed by atoms with E-state index in [1.165, 1.54) is 6.42 Å². The molecule has 2 nitrogen and oxygen atoms in total. The molecule has 5 unspecified atom stereocenters. The van der Waals surface area contributed by atoms with E-state index in [4.69, 9.17) is 16.3 Å². The molecule has 2 saturated carbocycles. The Hall–Kier alpha value is -0.340. The quantitative estimate of drug-likeness (QED) is 0.582. The largest absolute Gasteiger partial charge is 0.373 e. The van der Waals surface area contributed by atoms with Crippen molar-refractivity contribution in [3.63, 3.8) is 0 Å². The summed E-state index contributed by atoms with van der Waals surface area (Å²) in [4.78, 5) is 12.8. The molecule has 0 aromatic heterocycles. The zero-order valence-corrected chi connectivity index (χ0v) is 13.0. The number of ether oxygens (including phenoxy) is 1. The number of carbonyl (C=O) groups excluding carboxylic acids is 1. The summed E-state index contributed by atoms with van der Waals surface area (Å²) in [6.07, 6.45) is 3.91. The molecule has 0 aliphatic heterocycles. The van der Waals surface area contributed by atoms with Crippen molar-refractivity contribution in [2.75, 3.05) is 13.0 Å². The molecule has 108 valence electrons. The van der Waals surface area contributed by atoms with Crippen LogP contribution >= 0.6 is 11.6 Å². The van der Waals surface area contributed by atoms with Crippen molar-refractivity contribution in [1.29, 1.82) is 0 Å². The van der Waals surface area contributed by atoms with Gasteiger partial charge in [0.05, 0.1) is 0 Å². The van der Waals surface area contributed by atoms with Crippen molar-refractivity contribution >= 4 is 17.4 Å². The maximum atomic E-state index is 12.8. The fourth-order valence-electron chi connectivity index (χ4n) is 4.22. The second kappa shape index (κ2) is 5.57. The molecule has 2 aliphatic rings. The Bertz CT molecular complexity index is 379. The van der Waals surface area contributed by atoms with E-state index in [2.05, 4.69) is 13.5 Å². The number of alkyl halides is 1. The summed E-state index contributed by atoms with van der Waals surface area (Å²) in [5, 5.41) is 0. The summed E-state index contributed by atoms with van der Waals surface area (Å²) < 4.78 is 5.50. The van der Waals surface area contributed by atoms with Gasteiger partial charge in [0.15, 0.2) is 5.78 Å². The summed E-state index contributed by atoms with van der Waals surface area (Å²) in [7, 11) is 1.64. The van der Waals surface area contributed by atoms with E-state index < -0.39 is 0 Å². The third-order valence-corrected chi connectivity index (χ3v) is 6.03. The van der Waals surface area contributed by atoms with E-state index in [0.29, 0.717) is 11.8 Å². The van der Waals surface area contributed by atoms with Crippen LogP contribution in [0.1, 0.15) is 39.5 Å². The molecule has 5 atom stereocenters. The lowest BCUT2D eigenvalue weighted by Gasteiger charge is -2.53. The molecule has 2 aliphatic carbocycles. The number of hydrogen-bond donors (Lipinski definition) is 0. The Balaban J connectivity index is 2.40. The lowest BCUT2D eigenvalue weighted by Crippen LogP contribution is -2.56. The smallest absolute Gasteiger partial charge is 0.165 e. The summed E-state index contributed by atoms with van der Waals surface area (Å²) in [6, 6.07) is 0. The first-order valence-corrected chi connectivity index (χ1v) is 7.79. The van der Waals surface area contributed by atoms with E-state index in [0.717, 1.165) is 24.8 Å². The lowest BCUT2D eigenvalue weighted by molar-refractivity contribution is -0.153. The van der Waals surface area contributed by atoms with Gasteiger partial charge in [-0.15, -0.1) is 11.6 Å². The molecule has 2 fully saturated rings. The molecule has 0 spiro atoms. The first kappa shape index (κ1) is 15.1. The van der Waals surface area contributed by atoms with Crippen LogP contribution in [0.15, 0.2) is 12.2 Å². The molecule has 0 aromatic rings.